The van der Waals surface area contributed by atoms with Gasteiger partial charge in [0.15, 0.2) is 5.69 Å². The van der Waals surface area contributed by atoms with Gasteiger partial charge in [-0.2, -0.15) is 0 Å². The Labute approximate surface area is 171 Å². The Morgan fingerprint density at radius 2 is 1.48 bits per heavy atom. The van der Waals surface area contributed by atoms with Gasteiger partial charge in [0.25, 0.3) is 11.8 Å². The average molecular weight is 396 g/mol. The average Bonchev–Trinajstić information content (AvgIpc) is 3.23. The smallest absolute Gasteiger partial charge is 0.276 e. The van der Waals surface area contributed by atoms with E-state index in [4.69, 9.17) is 0 Å². The maximum absolute atomic E-state index is 12.9. The summed E-state index contributed by atoms with van der Waals surface area (Å²) in [5.74, 6) is 0.0770. The second kappa shape index (κ2) is 8.35. The third kappa shape index (κ3) is 4.33. The van der Waals surface area contributed by atoms with Crippen LogP contribution >= 0.6 is 0 Å². The van der Waals surface area contributed by atoms with E-state index in [1.807, 2.05) is 40.5 Å². The van der Waals surface area contributed by atoms with Crippen LogP contribution in [0.2, 0.25) is 0 Å². The Kier molecular flexibility index (Phi) is 5.65. The molecular formula is C22H29N5O2. The van der Waals surface area contributed by atoms with Crippen LogP contribution in [0.15, 0.2) is 24.4 Å². The van der Waals surface area contributed by atoms with Gasteiger partial charge in [-0.25, -0.2) is 4.68 Å². The van der Waals surface area contributed by atoms with Gasteiger partial charge in [-0.3, -0.25) is 9.59 Å². The molecule has 2 fully saturated rings. The van der Waals surface area contributed by atoms with E-state index in [1.54, 1.807) is 6.20 Å². The standard InChI is InChI=1S/C22H29N5O2/c1-16-12-17(2)14-18(13-16)21(28)26-10-6-19(7-11-26)27-15-20(23-24-27)22(29)25-8-4-3-5-9-25/h12-15,19H,3-11H2,1-2H3. The quantitative estimate of drug-likeness (QED) is 0.801. The predicted octanol–water partition coefficient (Wildman–Crippen LogP) is 3.00. The molecule has 0 unspecified atom stereocenters. The molecule has 2 aliphatic heterocycles. The summed E-state index contributed by atoms with van der Waals surface area (Å²) in [5, 5.41) is 8.35. The number of carbonyl (C=O) groups is 2. The lowest BCUT2D eigenvalue weighted by molar-refractivity contribution is 0.0688. The normalized spacial score (nSPS) is 18.1. The highest BCUT2D eigenvalue weighted by molar-refractivity contribution is 5.94. The van der Waals surface area contributed by atoms with Gasteiger partial charge >= 0.3 is 0 Å². The molecule has 0 spiro atoms. The predicted molar refractivity (Wildman–Crippen MR) is 110 cm³/mol. The minimum absolute atomic E-state index is 0.0154. The molecule has 7 heteroatoms. The first-order chi connectivity index (χ1) is 14.0. The first-order valence-electron chi connectivity index (χ1n) is 10.6. The van der Waals surface area contributed by atoms with Gasteiger partial charge in [-0.15, -0.1) is 5.10 Å². The van der Waals surface area contributed by atoms with Crippen LogP contribution in [0, 0.1) is 13.8 Å². The van der Waals surface area contributed by atoms with Crippen LogP contribution in [0.25, 0.3) is 0 Å². The molecule has 4 rings (SSSR count). The molecule has 0 saturated carbocycles. The molecule has 3 heterocycles. The fraction of sp³-hybridized carbons (Fsp3) is 0.545. The third-order valence-corrected chi connectivity index (χ3v) is 5.97. The van der Waals surface area contributed by atoms with Crippen molar-refractivity contribution in [2.75, 3.05) is 26.2 Å². The number of likely N-dealkylation sites (tertiary alicyclic amines) is 2. The van der Waals surface area contributed by atoms with Crippen molar-refractivity contribution in [3.05, 3.63) is 46.8 Å². The van der Waals surface area contributed by atoms with E-state index >= 15 is 0 Å². The number of carbonyl (C=O) groups excluding carboxylic acids is 2. The fourth-order valence-corrected chi connectivity index (χ4v) is 4.43. The highest BCUT2D eigenvalue weighted by Gasteiger charge is 2.27. The van der Waals surface area contributed by atoms with Crippen molar-refractivity contribution in [1.82, 2.24) is 24.8 Å². The van der Waals surface area contributed by atoms with Gasteiger partial charge in [0.2, 0.25) is 0 Å². The second-order valence-corrected chi connectivity index (χ2v) is 8.34. The zero-order valence-electron chi connectivity index (χ0n) is 17.3. The number of hydrogen-bond acceptors (Lipinski definition) is 4. The number of piperidine rings is 2. The lowest BCUT2D eigenvalue weighted by Crippen LogP contribution is -2.39. The van der Waals surface area contributed by atoms with Crippen molar-refractivity contribution < 1.29 is 9.59 Å². The zero-order chi connectivity index (χ0) is 20.4. The molecule has 2 aliphatic rings. The molecule has 29 heavy (non-hydrogen) atoms. The van der Waals surface area contributed by atoms with Crippen molar-refractivity contribution in [2.24, 2.45) is 0 Å². The second-order valence-electron chi connectivity index (χ2n) is 8.34. The Balaban J connectivity index is 1.36. The SMILES string of the molecule is Cc1cc(C)cc(C(=O)N2CCC(n3cc(C(=O)N4CCCCC4)nn3)CC2)c1. The minimum Gasteiger partial charge on any atom is -0.338 e. The summed E-state index contributed by atoms with van der Waals surface area (Å²) in [4.78, 5) is 29.3. The van der Waals surface area contributed by atoms with Crippen molar-refractivity contribution in [3.63, 3.8) is 0 Å². The molecule has 0 N–H and O–H groups in total. The largest absolute Gasteiger partial charge is 0.338 e. The van der Waals surface area contributed by atoms with E-state index in [1.165, 1.54) is 6.42 Å². The number of amides is 2. The summed E-state index contributed by atoms with van der Waals surface area (Å²) < 4.78 is 1.82. The fourth-order valence-electron chi connectivity index (χ4n) is 4.43. The van der Waals surface area contributed by atoms with Gasteiger partial charge in [0.05, 0.1) is 12.2 Å². The summed E-state index contributed by atoms with van der Waals surface area (Å²) in [6.45, 7) is 7.03. The monoisotopic (exact) mass is 395 g/mol. The number of nitrogens with zero attached hydrogens (tertiary/aromatic N) is 5. The van der Waals surface area contributed by atoms with Crippen molar-refractivity contribution in [3.8, 4) is 0 Å². The molecule has 0 bridgehead atoms. The van der Waals surface area contributed by atoms with Gasteiger partial charge in [-0.1, -0.05) is 22.4 Å². The molecule has 0 aliphatic carbocycles. The lowest BCUT2D eigenvalue weighted by atomic mass is 10.0. The summed E-state index contributed by atoms with van der Waals surface area (Å²) in [7, 11) is 0. The van der Waals surface area contributed by atoms with Crippen LogP contribution in [-0.4, -0.2) is 62.8 Å². The topological polar surface area (TPSA) is 71.3 Å². The van der Waals surface area contributed by atoms with Crippen molar-refractivity contribution in [1.29, 1.82) is 0 Å². The Bertz CT molecular complexity index is 872. The number of benzene rings is 1. The third-order valence-electron chi connectivity index (χ3n) is 5.97. The zero-order valence-corrected chi connectivity index (χ0v) is 17.3. The lowest BCUT2D eigenvalue weighted by Gasteiger charge is -2.32. The molecule has 0 atom stereocenters. The molecule has 2 aromatic rings. The number of hydrogen-bond donors (Lipinski definition) is 0. The molecule has 1 aromatic heterocycles. The number of aromatic nitrogens is 3. The van der Waals surface area contributed by atoms with E-state index < -0.39 is 0 Å². The molecule has 1 aromatic carbocycles. The van der Waals surface area contributed by atoms with Gasteiger partial charge in [0, 0.05) is 31.7 Å². The Morgan fingerprint density at radius 3 is 2.14 bits per heavy atom. The summed E-state index contributed by atoms with van der Waals surface area (Å²) in [6, 6.07) is 6.17. The molecule has 0 radical (unpaired) electrons. The first-order valence-corrected chi connectivity index (χ1v) is 10.6. The van der Waals surface area contributed by atoms with Crippen LogP contribution in [-0.2, 0) is 0 Å². The maximum Gasteiger partial charge on any atom is 0.276 e. The summed E-state index contributed by atoms with van der Waals surface area (Å²) >= 11 is 0. The molecule has 2 saturated heterocycles. The highest BCUT2D eigenvalue weighted by Crippen LogP contribution is 2.24. The molecule has 154 valence electrons. The van der Waals surface area contributed by atoms with E-state index in [9.17, 15) is 9.59 Å². The van der Waals surface area contributed by atoms with Crippen LogP contribution in [0.4, 0.5) is 0 Å². The van der Waals surface area contributed by atoms with E-state index in [2.05, 4.69) is 16.4 Å². The van der Waals surface area contributed by atoms with E-state index in [-0.39, 0.29) is 17.9 Å². The minimum atomic E-state index is -0.0154. The van der Waals surface area contributed by atoms with E-state index in [0.29, 0.717) is 18.8 Å². The van der Waals surface area contributed by atoms with E-state index in [0.717, 1.165) is 55.5 Å². The van der Waals surface area contributed by atoms with Crippen molar-refractivity contribution >= 4 is 11.8 Å². The Morgan fingerprint density at radius 1 is 0.862 bits per heavy atom. The number of rotatable bonds is 3. The van der Waals surface area contributed by atoms with Gasteiger partial charge in [0.1, 0.15) is 0 Å². The van der Waals surface area contributed by atoms with Crippen LogP contribution in [0.5, 0.6) is 0 Å². The summed E-state index contributed by atoms with van der Waals surface area (Å²) in [6.07, 6.45) is 6.73. The highest BCUT2D eigenvalue weighted by atomic mass is 16.2. The van der Waals surface area contributed by atoms with Crippen molar-refractivity contribution in [2.45, 2.75) is 52.0 Å². The summed E-state index contributed by atoms with van der Waals surface area (Å²) in [5.41, 5.74) is 3.41. The Hall–Kier alpha value is -2.70. The van der Waals surface area contributed by atoms with Crippen LogP contribution in [0.3, 0.4) is 0 Å². The maximum atomic E-state index is 12.9. The molecule has 7 nitrogen and oxygen atoms in total. The van der Waals surface area contributed by atoms with Gasteiger partial charge < -0.3 is 9.80 Å². The van der Waals surface area contributed by atoms with Gasteiger partial charge in [-0.05, 0) is 58.1 Å². The molecule has 2 amide bonds. The van der Waals surface area contributed by atoms with Crippen LogP contribution < -0.4 is 0 Å². The molecular weight excluding hydrogens is 366 g/mol. The number of aryl methyl sites for hydroxylation is 2. The first kappa shape index (κ1) is 19.6. The van der Waals surface area contributed by atoms with Crippen LogP contribution in [0.1, 0.15) is 70.1 Å².